The fourth-order valence-electron chi connectivity index (χ4n) is 3.18. The van der Waals surface area contributed by atoms with E-state index in [2.05, 4.69) is 10.2 Å². The van der Waals surface area contributed by atoms with Crippen LogP contribution < -0.4 is 10.2 Å². The molecule has 1 N–H and O–H groups in total. The summed E-state index contributed by atoms with van der Waals surface area (Å²) in [5, 5.41) is 13.9. The van der Waals surface area contributed by atoms with Gasteiger partial charge in [-0.3, -0.25) is 14.9 Å². The fourth-order valence-corrected chi connectivity index (χ4v) is 4.03. The van der Waals surface area contributed by atoms with Gasteiger partial charge in [-0.25, -0.2) is 4.39 Å². The van der Waals surface area contributed by atoms with Gasteiger partial charge in [0.05, 0.1) is 16.2 Å². The average molecular weight is 403 g/mol. The lowest BCUT2D eigenvalue weighted by Gasteiger charge is -2.20. The number of halogens is 1. The molecular formula is C20H22FN3O3S. The molecule has 1 aliphatic heterocycles. The minimum atomic E-state index is -0.491. The molecule has 2 aromatic carbocycles. The first-order valence-corrected chi connectivity index (χ1v) is 10.3. The van der Waals surface area contributed by atoms with Crippen molar-refractivity contribution >= 4 is 29.0 Å². The molecule has 0 unspecified atom stereocenters. The summed E-state index contributed by atoms with van der Waals surface area (Å²) < 4.78 is 13.6. The summed E-state index contributed by atoms with van der Waals surface area (Å²) in [5.41, 5.74) is 1.60. The van der Waals surface area contributed by atoms with Crippen molar-refractivity contribution in [2.75, 3.05) is 30.3 Å². The number of benzene rings is 2. The zero-order chi connectivity index (χ0) is 19.9. The number of nitro groups is 1. The van der Waals surface area contributed by atoms with E-state index in [4.69, 9.17) is 0 Å². The van der Waals surface area contributed by atoms with Crippen molar-refractivity contribution in [3.8, 4) is 0 Å². The van der Waals surface area contributed by atoms with Gasteiger partial charge in [-0.05, 0) is 30.5 Å². The number of rotatable bonds is 8. The van der Waals surface area contributed by atoms with Crippen molar-refractivity contribution in [3.63, 3.8) is 0 Å². The number of non-ortho nitro benzene ring substituents is 1. The van der Waals surface area contributed by atoms with Gasteiger partial charge in [0.2, 0.25) is 0 Å². The van der Waals surface area contributed by atoms with Crippen LogP contribution in [0.5, 0.6) is 0 Å². The van der Waals surface area contributed by atoms with E-state index < -0.39 is 4.92 Å². The molecule has 0 saturated carbocycles. The Morgan fingerprint density at radius 3 is 2.68 bits per heavy atom. The first kappa shape index (κ1) is 20.1. The van der Waals surface area contributed by atoms with Crippen molar-refractivity contribution in [1.82, 2.24) is 5.32 Å². The Hall–Kier alpha value is -2.61. The van der Waals surface area contributed by atoms with Gasteiger partial charge in [0.1, 0.15) is 5.82 Å². The zero-order valence-corrected chi connectivity index (χ0v) is 16.2. The van der Waals surface area contributed by atoms with Gasteiger partial charge in [-0.1, -0.05) is 18.2 Å². The monoisotopic (exact) mass is 403 g/mol. The van der Waals surface area contributed by atoms with Crippen LogP contribution in [-0.4, -0.2) is 36.2 Å². The van der Waals surface area contributed by atoms with Crippen molar-refractivity contribution < 1.29 is 14.1 Å². The predicted molar refractivity (Wildman–Crippen MR) is 109 cm³/mol. The third kappa shape index (κ3) is 5.01. The molecule has 6 nitrogen and oxygen atoms in total. The summed E-state index contributed by atoms with van der Waals surface area (Å²) in [5.74, 6) is 0.592. The highest BCUT2D eigenvalue weighted by Gasteiger charge is 2.22. The van der Waals surface area contributed by atoms with Crippen molar-refractivity contribution in [2.24, 2.45) is 0 Å². The summed E-state index contributed by atoms with van der Waals surface area (Å²) in [4.78, 5) is 25.3. The zero-order valence-electron chi connectivity index (χ0n) is 15.4. The van der Waals surface area contributed by atoms with E-state index in [9.17, 15) is 19.3 Å². The Kier molecular flexibility index (Phi) is 6.86. The van der Waals surface area contributed by atoms with Crippen LogP contribution in [0.2, 0.25) is 0 Å². The number of nitrogens with zero attached hydrogens (tertiary/aromatic N) is 2. The van der Waals surface area contributed by atoms with Crippen molar-refractivity contribution in [2.45, 2.75) is 18.6 Å². The molecule has 3 rings (SSSR count). The number of nitro benzene ring substituents is 1. The summed E-state index contributed by atoms with van der Waals surface area (Å²) in [7, 11) is 0. The predicted octanol–water partition coefficient (Wildman–Crippen LogP) is 4.00. The normalized spacial score (nSPS) is 13.5. The molecule has 0 bridgehead atoms. The molecule has 8 heteroatoms. The van der Waals surface area contributed by atoms with Crippen LogP contribution in [0.3, 0.4) is 0 Å². The summed E-state index contributed by atoms with van der Waals surface area (Å²) in [6.45, 7) is 2.09. The van der Waals surface area contributed by atoms with Crippen LogP contribution in [-0.2, 0) is 5.75 Å². The van der Waals surface area contributed by atoms with Crippen LogP contribution in [0.15, 0.2) is 42.5 Å². The summed E-state index contributed by atoms with van der Waals surface area (Å²) in [6, 6.07) is 11.1. The van der Waals surface area contributed by atoms with E-state index in [1.54, 1.807) is 24.3 Å². The van der Waals surface area contributed by atoms with Gasteiger partial charge < -0.3 is 10.2 Å². The van der Waals surface area contributed by atoms with Gasteiger partial charge in [-0.15, -0.1) is 0 Å². The van der Waals surface area contributed by atoms with Crippen LogP contribution in [0.1, 0.15) is 28.8 Å². The van der Waals surface area contributed by atoms with E-state index in [1.807, 2.05) is 0 Å². The number of nitrogens with one attached hydrogen (secondary N) is 1. The minimum Gasteiger partial charge on any atom is -0.371 e. The van der Waals surface area contributed by atoms with Crippen LogP contribution in [0.25, 0.3) is 0 Å². The van der Waals surface area contributed by atoms with Crippen LogP contribution in [0, 0.1) is 15.9 Å². The molecule has 148 valence electrons. The largest absolute Gasteiger partial charge is 0.371 e. The van der Waals surface area contributed by atoms with E-state index in [-0.39, 0.29) is 17.4 Å². The molecular weight excluding hydrogens is 381 g/mol. The number of anilines is 1. The Labute approximate surface area is 167 Å². The van der Waals surface area contributed by atoms with Crippen molar-refractivity contribution in [3.05, 3.63) is 69.5 Å². The number of hydrogen-bond acceptors (Lipinski definition) is 5. The molecule has 1 heterocycles. The lowest BCUT2D eigenvalue weighted by molar-refractivity contribution is -0.384. The Bertz CT molecular complexity index is 856. The Balaban J connectivity index is 1.59. The summed E-state index contributed by atoms with van der Waals surface area (Å²) in [6.07, 6.45) is 2.09. The molecule has 1 amide bonds. The third-order valence-corrected chi connectivity index (χ3v) is 5.64. The maximum atomic E-state index is 13.6. The standard InChI is InChI=1S/C20H22FN3O3S/c21-18-6-2-1-5-15(18)14-28-12-9-22-20(25)17-13-16(24(26)27)7-8-19(17)23-10-3-4-11-23/h1-2,5-8,13H,3-4,9-12,14H2,(H,22,25). The molecule has 2 aromatic rings. The SMILES string of the molecule is O=C(NCCSCc1ccccc1F)c1cc([N+](=O)[O-])ccc1N1CCCC1. The van der Waals surface area contributed by atoms with E-state index in [0.29, 0.717) is 29.2 Å². The molecule has 28 heavy (non-hydrogen) atoms. The second-order valence-corrected chi connectivity index (χ2v) is 7.66. The molecule has 0 spiro atoms. The smallest absolute Gasteiger partial charge is 0.270 e. The number of amides is 1. The molecule has 1 saturated heterocycles. The quantitative estimate of drug-likeness (QED) is 0.410. The van der Waals surface area contributed by atoms with Gasteiger partial charge >= 0.3 is 0 Å². The number of hydrogen-bond donors (Lipinski definition) is 1. The minimum absolute atomic E-state index is 0.0953. The first-order chi connectivity index (χ1) is 13.6. The Morgan fingerprint density at radius 2 is 1.96 bits per heavy atom. The maximum absolute atomic E-state index is 13.6. The highest BCUT2D eigenvalue weighted by atomic mass is 32.2. The number of thioether (sulfide) groups is 1. The van der Waals surface area contributed by atoms with E-state index >= 15 is 0 Å². The molecule has 0 aromatic heterocycles. The Morgan fingerprint density at radius 1 is 1.21 bits per heavy atom. The highest BCUT2D eigenvalue weighted by Crippen LogP contribution is 2.28. The van der Waals surface area contributed by atoms with Gasteiger partial charge in [0.15, 0.2) is 0 Å². The van der Waals surface area contributed by atoms with E-state index in [0.717, 1.165) is 31.6 Å². The second kappa shape index (κ2) is 9.54. The third-order valence-electron chi connectivity index (χ3n) is 4.63. The maximum Gasteiger partial charge on any atom is 0.270 e. The lowest BCUT2D eigenvalue weighted by Crippen LogP contribution is -2.29. The molecule has 1 fully saturated rings. The molecule has 0 radical (unpaired) electrons. The van der Waals surface area contributed by atoms with Gasteiger partial charge in [-0.2, -0.15) is 11.8 Å². The molecule has 1 aliphatic rings. The van der Waals surface area contributed by atoms with Crippen molar-refractivity contribution in [1.29, 1.82) is 0 Å². The molecule has 0 aliphatic carbocycles. The number of carbonyl (C=O) groups excluding carboxylic acids is 1. The second-order valence-electron chi connectivity index (χ2n) is 6.55. The van der Waals surface area contributed by atoms with Crippen LogP contribution in [0.4, 0.5) is 15.8 Å². The first-order valence-electron chi connectivity index (χ1n) is 9.19. The topological polar surface area (TPSA) is 75.5 Å². The van der Waals surface area contributed by atoms with Gasteiger partial charge in [0, 0.05) is 43.3 Å². The molecule has 0 atom stereocenters. The van der Waals surface area contributed by atoms with Gasteiger partial charge in [0.25, 0.3) is 11.6 Å². The lowest BCUT2D eigenvalue weighted by atomic mass is 10.1. The van der Waals surface area contributed by atoms with E-state index in [1.165, 1.54) is 30.0 Å². The summed E-state index contributed by atoms with van der Waals surface area (Å²) >= 11 is 1.52. The fraction of sp³-hybridized carbons (Fsp3) is 0.350. The number of carbonyl (C=O) groups is 1. The highest BCUT2D eigenvalue weighted by molar-refractivity contribution is 7.98. The van der Waals surface area contributed by atoms with Crippen LogP contribution >= 0.6 is 11.8 Å². The average Bonchev–Trinajstić information content (AvgIpc) is 3.23.